The van der Waals surface area contributed by atoms with Crippen LogP contribution < -0.4 is 19.5 Å². The number of methoxy groups -OCH3 is 2. The maximum absolute atomic E-state index is 12.4. The Labute approximate surface area is 152 Å². The summed E-state index contributed by atoms with van der Waals surface area (Å²) in [5.41, 5.74) is 0.941. The molecule has 0 aliphatic carbocycles. The molecule has 1 aromatic carbocycles. The summed E-state index contributed by atoms with van der Waals surface area (Å²) in [4.78, 5) is 18.3. The van der Waals surface area contributed by atoms with E-state index < -0.39 is 0 Å². The zero-order chi connectivity index (χ0) is 18.4. The highest BCUT2D eigenvalue weighted by Gasteiger charge is 2.27. The maximum atomic E-state index is 12.4. The molecule has 26 heavy (non-hydrogen) atoms. The quantitative estimate of drug-likeness (QED) is 0.860. The van der Waals surface area contributed by atoms with Gasteiger partial charge in [0.1, 0.15) is 6.10 Å². The molecule has 1 N–H and O–H groups in total. The minimum absolute atomic E-state index is 0.0308. The van der Waals surface area contributed by atoms with Crippen LogP contribution in [0.25, 0.3) is 0 Å². The summed E-state index contributed by atoms with van der Waals surface area (Å²) in [6.07, 6.45) is 2.45. The van der Waals surface area contributed by atoms with E-state index in [2.05, 4.69) is 10.3 Å². The topological polar surface area (TPSA) is 72.9 Å². The number of hydrogen-bond donors (Lipinski definition) is 1. The van der Waals surface area contributed by atoms with Crippen LogP contribution in [0.3, 0.4) is 0 Å². The molecule has 3 rings (SSSR count). The summed E-state index contributed by atoms with van der Waals surface area (Å²) < 4.78 is 16.3. The molecule has 138 valence electrons. The molecule has 7 heteroatoms. The number of hydrogen-bond acceptors (Lipinski definition) is 5. The van der Waals surface area contributed by atoms with Crippen LogP contribution in [0.4, 0.5) is 4.79 Å². The predicted molar refractivity (Wildman–Crippen MR) is 96.6 cm³/mol. The van der Waals surface area contributed by atoms with Gasteiger partial charge < -0.3 is 24.4 Å². The third-order valence-corrected chi connectivity index (χ3v) is 4.25. The van der Waals surface area contributed by atoms with E-state index in [9.17, 15) is 4.79 Å². The lowest BCUT2D eigenvalue weighted by Crippen LogP contribution is -2.39. The Morgan fingerprint density at radius 3 is 2.81 bits per heavy atom. The first-order valence-corrected chi connectivity index (χ1v) is 8.51. The second-order valence-corrected chi connectivity index (χ2v) is 5.99. The van der Waals surface area contributed by atoms with E-state index in [0.29, 0.717) is 37.0 Å². The van der Waals surface area contributed by atoms with Gasteiger partial charge in [-0.05, 0) is 23.8 Å². The van der Waals surface area contributed by atoms with Crippen molar-refractivity contribution >= 4 is 6.03 Å². The molecule has 0 spiro atoms. The molecular formula is C19H23N3O4. The van der Waals surface area contributed by atoms with Crippen LogP contribution in [0.1, 0.15) is 12.0 Å². The summed E-state index contributed by atoms with van der Waals surface area (Å²) in [5, 5.41) is 2.93. The Morgan fingerprint density at radius 1 is 1.23 bits per heavy atom. The van der Waals surface area contributed by atoms with E-state index in [-0.39, 0.29) is 12.1 Å². The van der Waals surface area contributed by atoms with Crippen LogP contribution in [0.15, 0.2) is 42.6 Å². The number of nitrogens with zero attached hydrogens (tertiary/aromatic N) is 2. The van der Waals surface area contributed by atoms with Gasteiger partial charge in [0.05, 0.1) is 20.8 Å². The van der Waals surface area contributed by atoms with Gasteiger partial charge in [0.15, 0.2) is 11.5 Å². The third kappa shape index (κ3) is 4.36. The molecule has 1 aliphatic rings. The first-order chi connectivity index (χ1) is 12.7. The van der Waals surface area contributed by atoms with Crippen molar-refractivity contribution in [1.29, 1.82) is 0 Å². The number of carbonyl (C=O) groups is 1. The second kappa shape index (κ2) is 8.42. The SMILES string of the molecule is COc1ccc(CNC(=O)N2CCC(Oc3ccccn3)C2)cc1OC. The molecule has 0 radical (unpaired) electrons. The largest absolute Gasteiger partial charge is 0.493 e. The van der Waals surface area contributed by atoms with E-state index in [1.165, 1.54) is 0 Å². The monoisotopic (exact) mass is 357 g/mol. The van der Waals surface area contributed by atoms with E-state index in [4.69, 9.17) is 14.2 Å². The highest BCUT2D eigenvalue weighted by Crippen LogP contribution is 2.27. The van der Waals surface area contributed by atoms with Crippen molar-refractivity contribution in [3.8, 4) is 17.4 Å². The zero-order valence-electron chi connectivity index (χ0n) is 15.0. The smallest absolute Gasteiger partial charge is 0.317 e. The number of rotatable bonds is 6. The Bertz CT molecular complexity index is 739. The van der Waals surface area contributed by atoms with Gasteiger partial charge in [-0.1, -0.05) is 12.1 Å². The van der Waals surface area contributed by atoms with Crippen LogP contribution in [-0.4, -0.2) is 49.3 Å². The van der Waals surface area contributed by atoms with Gasteiger partial charge in [-0.25, -0.2) is 9.78 Å². The van der Waals surface area contributed by atoms with E-state index in [1.807, 2.05) is 36.4 Å². The zero-order valence-corrected chi connectivity index (χ0v) is 15.0. The highest BCUT2D eigenvalue weighted by molar-refractivity contribution is 5.74. The molecular weight excluding hydrogens is 334 g/mol. The number of likely N-dealkylation sites (tertiary alicyclic amines) is 1. The Kier molecular flexibility index (Phi) is 5.78. The number of carbonyl (C=O) groups excluding carboxylic acids is 1. The summed E-state index contributed by atoms with van der Waals surface area (Å²) in [5.74, 6) is 1.89. The molecule has 1 aliphatic heterocycles. The molecule has 0 bridgehead atoms. The molecule has 7 nitrogen and oxygen atoms in total. The molecule has 2 aromatic rings. The third-order valence-electron chi connectivity index (χ3n) is 4.25. The Balaban J connectivity index is 1.50. The molecule has 2 heterocycles. The number of nitrogens with one attached hydrogen (secondary N) is 1. The van der Waals surface area contributed by atoms with Crippen molar-refractivity contribution in [3.63, 3.8) is 0 Å². The average Bonchev–Trinajstić information content (AvgIpc) is 3.15. The van der Waals surface area contributed by atoms with Crippen molar-refractivity contribution in [2.45, 2.75) is 19.1 Å². The molecule has 0 saturated carbocycles. The molecule has 1 saturated heterocycles. The van der Waals surface area contributed by atoms with E-state index in [1.54, 1.807) is 25.3 Å². The van der Waals surface area contributed by atoms with Gasteiger partial charge in [0, 0.05) is 31.8 Å². The standard InChI is InChI=1S/C19H23N3O4/c1-24-16-7-6-14(11-17(16)25-2)12-21-19(23)22-10-8-15(13-22)26-18-5-3-4-9-20-18/h3-7,9,11,15H,8,10,12-13H2,1-2H3,(H,21,23). The van der Waals surface area contributed by atoms with Gasteiger partial charge in [-0.3, -0.25) is 0 Å². The van der Waals surface area contributed by atoms with Crippen molar-refractivity contribution in [2.24, 2.45) is 0 Å². The first-order valence-electron chi connectivity index (χ1n) is 8.51. The van der Waals surface area contributed by atoms with Crippen LogP contribution in [0.2, 0.25) is 0 Å². The minimum Gasteiger partial charge on any atom is -0.493 e. The number of ether oxygens (including phenoxy) is 3. The summed E-state index contributed by atoms with van der Waals surface area (Å²) in [6.45, 7) is 1.63. The average molecular weight is 357 g/mol. The lowest BCUT2D eigenvalue weighted by molar-refractivity contribution is 0.183. The number of benzene rings is 1. The van der Waals surface area contributed by atoms with Crippen LogP contribution in [-0.2, 0) is 6.54 Å². The van der Waals surface area contributed by atoms with Gasteiger partial charge in [0.2, 0.25) is 5.88 Å². The fourth-order valence-corrected chi connectivity index (χ4v) is 2.88. The summed E-state index contributed by atoms with van der Waals surface area (Å²) in [6, 6.07) is 11.0. The summed E-state index contributed by atoms with van der Waals surface area (Å²) >= 11 is 0. The number of amides is 2. The fraction of sp³-hybridized carbons (Fsp3) is 0.368. The Hall–Kier alpha value is -2.96. The lowest BCUT2D eigenvalue weighted by atomic mass is 10.2. The molecule has 1 aromatic heterocycles. The normalized spacial score (nSPS) is 16.2. The number of urea groups is 1. The van der Waals surface area contributed by atoms with E-state index >= 15 is 0 Å². The maximum Gasteiger partial charge on any atom is 0.317 e. The fourth-order valence-electron chi connectivity index (χ4n) is 2.88. The van der Waals surface area contributed by atoms with Gasteiger partial charge in [-0.15, -0.1) is 0 Å². The summed E-state index contributed by atoms with van der Waals surface area (Å²) in [7, 11) is 3.18. The van der Waals surface area contributed by atoms with Gasteiger partial charge in [-0.2, -0.15) is 0 Å². The molecule has 1 atom stereocenters. The van der Waals surface area contributed by atoms with Crippen LogP contribution in [0.5, 0.6) is 17.4 Å². The first kappa shape index (κ1) is 17.8. The molecule has 1 fully saturated rings. The minimum atomic E-state index is -0.105. The lowest BCUT2D eigenvalue weighted by Gasteiger charge is -2.18. The molecule has 1 unspecified atom stereocenters. The van der Waals surface area contributed by atoms with Crippen LogP contribution >= 0.6 is 0 Å². The van der Waals surface area contributed by atoms with Crippen molar-refractivity contribution in [1.82, 2.24) is 15.2 Å². The van der Waals surface area contributed by atoms with Crippen molar-refractivity contribution in [3.05, 3.63) is 48.2 Å². The second-order valence-electron chi connectivity index (χ2n) is 5.99. The predicted octanol–water partition coefficient (Wildman–Crippen LogP) is 2.46. The van der Waals surface area contributed by atoms with Crippen molar-refractivity contribution in [2.75, 3.05) is 27.3 Å². The van der Waals surface area contributed by atoms with Gasteiger partial charge >= 0.3 is 6.03 Å². The molecule has 2 amide bonds. The van der Waals surface area contributed by atoms with Crippen LogP contribution in [0, 0.1) is 0 Å². The van der Waals surface area contributed by atoms with Crippen molar-refractivity contribution < 1.29 is 19.0 Å². The van der Waals surface area contributed by atoms with E-state index in [0.717, 1.165) is 12.0 Å². The highest BCUT2D eigenvalue weighted by atomic mass is 16.5. The van der Waals surface area contributed by atoms with Gasteiger partial charge in [0.25, 0.3) is 0 Å². The number of pyridine rings is 1. The Morgan fingerprint density at radius 2 is 2.08 bits per heavy atom. The number of aromatic nitrogens is 1.